The fraction of sp³-hybridized carbons (Fsp3) is 0.300. The maximum atomic E-state index is 16.2. The predicted octanol–water partition coefficient (Wildman–Crippen LogP) is 5.28. The number of aryl methyl sites for hydroxylation is 1. The van der Waals surface area contributed by atoms with Crippen molar-refractivity contribution in [2.75, 3.05) is 63.2 Å². The molecule has 1 unspecified atom stereocenters. The van der Waals surface area contributed by atoms with Gasteiger partial charge in [-0.1, -0.05) is 11.6 Å². The number of pyridine rings is 1. The summed E-state index contributed by atoms with van der Waals surface area (Å²) in [6, 6.07) is 9.21. The molecular formula is C40H39ClF2N8O7. The molecule has 1 atom stereocenters. The number of hydrogen-bond donors (Lipinski definition) is 2. The number of nitrogens with zero attached hydrogens (tertiary/aromatic N) is 7. The lowest BCUT2D eigenvalue weighted by atomic mass is 10.1. The number of rotatable bonds is 11. The van der Waals surface area contributed by atoms with Crippen LogP contribution in [0, 0.1) is 11.6 Å². The van der Waals surface area contributed by atoms with E-state index in [2.05, 4.69) is 15.0 Å². The maximum Gasteiger partial charge on any atom is 0.341 e. The van der Waals surface area contributed by atoms with E-state index in [1.165, 1.54) is 32.1 Å². The van der Waals surface area contributed by atoms with Crippen LogP contribution in [0.5, 0.6) is 17.2 Å². The number of nitrogens with two attached hydrogens (primary N) is 1. The minimum Gasteiger partial charge on any atom is -0.493 e. The quantitative estimate of drug-likeness (QED) is 0.177. The van der Waals surface area contributed by atoms with Gasteiger partial charge in [0, 0.05) is 67.2 Å². The Balaban J connectivity index is 1.12. The topological polar surface area (TPSA) is 178 Å². The number of methoxy groups -OCH3 is 3. The SMILES string of the molecule is CCn1cc(C(=O)O)c(=O)c2cc(F)c(N3CCN(CN4C(=O)/C(=N/c5ncc(Cc6cc(OC)c(OC)c(OC)c6)c(N)n5)c5cc(Cl)ccc54)C(C)C3)c(F)c21. The van der Waals surface area contributed by atoms with Crippen molar-refractivity contribution < 1.29 is 37.7 Å². The molecule has 58 heavy (non-hydrogen) atoms. The van der Waals surface area contributed by atoms with Crippen molar-refractivity contribution in [1.82, 2.24) is 19.4 Å². The first-order chi connectivity index (χ1) is 27.8. The van der Waals surface area contributed by atoms with E-state index in [0.717, 1.165) is 17.8 Å². The van der Waals surface area contributed by atoms with Crippen LogP contribution >= 0.6 is 11.6 Å². The number of ether oxygens (including phenoxy) is 3. The van der Waals surface area contributed by atoms with Gasteiger partial charge in [0.15, 0.2) is 17.3 Å². The van der Waals surface area contributed by atoms with Crippen molar-refractivity contribution in [2.45, 2.75) is 32.9 Å². The van der Waals surface area contributed by atoms with Crippen molar-refractivity contribution in [1.29, 1.82) is 0 Å². The van der Waals surface area contributed by atoms with Gasteiger partial charge in [0.25, 0.3) is 11.9 Å². The maximum absolute atomic E-state index is 16.2. The van der Waals surface area contributed by atoms with Crippen LogP contribution in [0.1, 0.15) is 40.9 Å². The lowest BCUT2D eigenvalue weighted by molar-refractivity contribution is -0.112. The predicted molar refractivity (Wildman–Crippen MR) is 214 cm³/mol. The van der Waals surface area contributed by atoms with Gasteiger partial charge < -0.3 is 34.5 Å². The van der Waals surface area contributed by atoms with Crippen molar-refractivity contribution in [2.24, 2.45) is 4.99 Å². The number of aromatic carboxylic acids is 1. The normalized spacial score (nSPS) is 16.3. The summed E-state index contributed by atoms with van der Waals surface area (Å²) in [7, 11) is 4.57. The molecule has 1 fully saturated rings. The van der Waals surface area contributed by atoms with Crippen LogP contribution in [0.25, 0.3) is 10.9 Å². The van der Waals surface area contributed by atoms with Crippen LogP contribution in [0.2, 0.25) is 5.02 Å². The summed E-state index contributed by atoms with van der Waals surface area (Å²) >= 11 is 6.39. The summed E-state index contributed by atoms with van der Waals surface area (Å²) in [5.74, 6) is -2.31. The highest BCUT2D eigenvalue weighted by Gasteiger charge is 2.38. The van der Waals surface area contributed by atoms with Crippen molar-refractivity contribution >= 4 is 63.2 Å². The summed E-state index contributed by atoms with van der Waals surface area (Å²) in [5.41, 5.74) is 6.85. The van der Waals surface area contributed by atoms with Crippen LogP contribution in [0.4, 0.5) is 31.9 Å². The van der Waals surface area contributed by atoms with Crippen LogP contribution in [-0.4, -0.2) is 95.8 Å². The number of carboxylic acids is 1. The molecule has 302 valence electrons. The Morgan fingerprint density at radius 1 is 1.07 bits per heavy atom. The van der Waals surface area contributed by atoms with E-state index in [1.54, 1.807) is 47.1 Å². The molecule has 18 heteroatoms. The van der Waals surface area contributed by atoms with E-state index in [9.17, 15) is 19.5 Å². The molecule has 2 aliphatic heterocycles. The van der Waals surface area contributed by atoms with E-state index in [0.29, 0.717) is 52.1 Å². The Morgan fingerprint density at radius 3 is 2.41 bits per heavy atom. The van der Waals surface area contributed by atoms with Gasteiger partial charge in [0.05, 0.1) is 44.6 Å². The van der Waals surface area contributed by atoms with Gasteiger partial charge in [-0.15, -0.1) is 0 Å². The third-order valence-corrected chi connectivity index (χ3v) is 10.6. The summed E-state index contributed by atoms with van der Waals surface area (Å²) in [4.78, 5) is 57.1. The standard InChI is InChI=1S/C40H39ClF2N8O7/c1-6-48-18-26(39(54)55)35(52)25-15-27(42)34(31(43)33(25)48)49-9-10-50(20(2)17-49)19-51-28-8-7-23(41)14-24(28)32(38(51)53)46-40-45-16-22(37(44)47-40)11-21-12-29(56-3)36(58-5)30(13-21)57-4/h7-8,12-16,18,20H,6,9-11,17,19H2,1-5H3,(H,54,55)(H2,44,45,47)/b46-32+. The molecule has 0 bridgehead atoms. The zero-order valence-electron chi connectivity index (χ0n) is 32.2. The highest BCUT2D eigenvalue weighted by molar-refractivity contribution is 6.55. The number of carbonyl (C=O) groups is 2. The fourth-order valence-electron chi connectivity index (χ4n) is 7.45. The number of anilines is 3. The molecule has 2 aliphatic rings. The number of aromatic nitrogens is 3. The molecule has 0 spiro atoms. The number of carbonyl (C=O) groups excluding carboxylic acids is 1. The highest BCUT2D eigenvalue weighted by Crippen LogP contribution is 2.39. The smallest absolute Gasteiger partial charge is 0.341 e. The molecule has 0 saturated carbocycles. The van der Waals surface area contributed by atoms with E-state index in [4.69, 9.17) is 31.5 Å². The van der Waals surface area contributed by atoms with E-state index >= 15 is 8.78 Å². The van der Waals surface area contributed by atoms with Gasteiger partial charge in [0.2, 0.25) is 11.2 Å². The van der Waals surface area contributed by atoms with Gasteiger partial charge in [-0.2, -0.15) is 4.98 Å². The van der Waals surface area contributed by atoms with Crippen LogP contribution in [0.3, 0.4) is 0 Å². The molecule has 1 amide bonds. The van der Waals surface area contributed by atoms with E-state index < -0.39 is 34.5 Å². The average Bonchev–Trinajstić information content (AvgIpc) is 3.44. The number of fused-ring (bicyclic) bond motifs is 2. The molecule has 3 aromatic carbocycles. The molecule has 2 aromatic heterocycles. The molecule has 7 rings (SSSR count). The van der Waals surface area contributed by atoms with Gasteiger partial charge in [-0.3, -0.25) is 19.4 Å². The van der Waals surface area contributed by atoms with Crippen molar-refractivity contribution in [3.63, 3.8) is 0 Å². The number of piperazine rings is 1. The first-order valence-corrected chi connectivity index (χ1v) is 18.5. The fourth-order valence-corrected chi connectivity index (χ4v) is 7.62. The number of hydrogen-bond acceptors (Lipinski definition) is 12. The summed E-state index contributed by atoms with van der Waals surface area (Å²) < 4.78 is 49.5. The van der Waals surface area contributed by atoms with Crippen LogP contribution in [-0.2, 0) is 17.8 Å². The molecule has 5 aromatic rings. The zero-order valence-corrected chi connectivity index (χ0v) is 32.9. The Kier molecular flexibility index (Phi) is 10.9. The second kappa shape index (κ2) is 15.9. The second-order valence-electron chi connectivity index (χ2n) is 13.8. The van der Waals surface area contributed by atoms with E-state index in [1.807, 2.05) is 11.8 Å². The highest BCUT2D eigenvalue weighted by atomic mass is 35.5. The first-order valence-electron chi connectivity index (χ1n) is 18.2. The second-order valence-corrected chi connectivity index (χ2v) is 14.2. The Hall–Kier alpha value is -6.33. The third-order valence-electron chi connectivity index (χ3n) is 10.4. The molecule has 4 heterocycles. The minimum atomic E-state index is -1.48. The van der Waals surface area contributed by atoms with Crippen LogP contribution in [0.15, 0.2) is 58.6 Å². The lowest BCUT2D eigenvalue weighted by Crippen LogP contribution is -2.56. The number of halogens is 3. The summed E-state index contributed by atoms with van der Waals surface area (Å²) in [5, 5.41) is 9.52. The lowest BCUT2D eigenvalue weighted by Gasteiger charge is -2.42. The first kappa shape index (κ1) is 39.9. The minimum absolute atomic E-state index is 0.0311. The number of benzene rings is 3. The van der Waals surface area contributed by atoms with Gasteiger partial charge in [-0.25, -0.2) is 23.6 Å². The average molecular weight is 817 g/mol. The third kappa shape index (κ3) is 7.11. The molecular weight excluding hydrogens is 778 g/mol. The van der Waals surface area contributed by atoms with Crippen LogP contribution < -0.4 is 35.2 Å². The number of aliphatic imine (C=N–C) groups is 1. The Morgan fingerprint density at radius 2 is 1.79 bits per heavy atom. The monoisotopic (exact) mass is 816 g/mol. The van der Waals surface area contributed by atoms with Gasteiger partial charge in [0.1, 0.15) is 28.6 Å². The molecule has 0 radical (unpaired) electrons. The van der Waals surface area contributed by atoms with Crippen molar-refractivity contribution in [3.8, 4) is 17.2 Å². The number of carboxylic acid groups (broad SMARTS) is 1. The molecule has 15 nitrogen and oxygen atoms in total. The Labute approximate surface area is 335 Å². The zero-order chi connectivity index (χ0) is 41.6. The van der Waals surface area contributed by atoms with Crippen molar-refractivity contribution in [3.05, 3.63) is 97.9 Å². The number of amides is 1. The summed E-state index contributed by atoms with van der Waals surface area (Å²) in [6.07, 6.45) is 2.95. The largest absolute Gasteiger partial charge is 0.493 e. The van der Waals surface area contributed by atoms with Gasteiger partial charge >= 0.3 is 5.97 Å². The van der Waals surface area contributed by atoms with E-state index in [-0.39, 0.29) is 66.4 Å². The summed E-state index contributed by atoms with van der Waals surface area (Å²) in [6.45, 7) is 4.47. The molecule has 1 saturated heterocycles. The number of nitrogen functional groups attached to an aromatic ring is 1. The molecule has 0 aliphatic carbocycles. The molecule has 3 N–H and O–H groups in total. The van der Waals surface area contributed by atoms with Gasteiger partial charge in [-0.05, 0) is 55.8 Å². The Bertz CT molecular complexity index is 2560.